The van der Waals surface area contributed by atoms with Crippen molar-refractivity contribution in [2.75, 3.05) is 45.1 Å². The van der Waals surface area contributed by atoms with E-state index in [4.69, 9.17) is 4.74 Å². The molecule has 1 aliphatic rings. The fourth-order valence-corrected chi connectivity index (χ4v) is 2.90. The lowest BCUT2D eigenvalue weighted by molar-refractivity contribution is -0.999. The summed E-state index contributed by atoms with van der Waals surface area (Å²) in [5.41, 5.74) is 0.713. The predicted octanol–water partition coefficient (Wildman–Crippen LogP) is -0.169. The van der Waals surface area contributed by atoms with Crippen molar-refractivity contribution in [3.8, 4) is 11.5 Å². The molecule has 0 saturated carbocycles. The Morgan fingerprint density at radius 1 is 1.00 bits per heavy atom. The fourth-order valence-electron chi connectivity index (χ4n) is 2.90. The Hall–Kier alpha value is -2.37. The van der Waals surface area contributed by atoms with Crippen LogP contribution in [0.5, 0.6) is 11.5 Å². The lowest BCUT2D eigenvalue weighted by atomic mass is 10.2. The number of carbonyl (C=O) groups is 1. The lowest BCUT2D eigenvalue weighted by Gasteiger charge is -2.26. The molecule has 24 heavy (non-hydrogen) atoms. The van der Waals surface area contributed by atoms with Crippen LogP contribution in [-0.4, -0.2) is 45.7 Å². The molecule has 1 heterocycles. The number of benzene rings is 2. The molecule has 1 fully saturated rings. The van der Waals surface area contributed by atoms with Crippen molar-refractivity contribution in [2.45, 2.75) is 0 Å². The van der Waals surface area contributed by atoms with Gasteiger partial charge in [0.1, 0.15) is 31.9 Å². The van der Waals surface area contributed by atoms with E-state index in [0.717, 1.165) is 31.9 Å². The molecule has 1 aliphatic heterocycles. The van der Waals surface area contributed by atoms with Gasteiger partial charge < -0.3 is 19.9 Å². The van der Waals surface area contributed by atoms with Crippen molar-refractivity contribution in [1.82, 2.24) is 0 Å². The average molecular weight is 327 g/mol. The van der Waals surface area contributed by atoms with Gasteiger partial charge in [-0.15, -0.1) is 0 Å². The van der Waals surface area contributed by atoms with Crippen LogP contribution in [0.2, 0.25) is 0 Å². The van der Waals surface area contributed by atoms with Gasteiger partial charge in [-0.25, -0.2) is 0 Å². The molecule has 126 valence electrons. The zero-order valence-electron chi connectivity index (χ0n) is 14.0. The summed E-state index contributed by atoms with van der Waals surface area (Å²) in [5.74, 6) is 1.45. The highest BCUT2D eigenvalue weighted by Gasteiger charge is 2.22. The van der Waals surface area contributed by atoms with Crippen molar-refractivity contribution in [3.63, 3.8) is 0 Å². The Balaban J connectivity index is 1.61. The maximum Gasteiger partial charge on any atom is 0.279 e. The molecule has 1 amide bonds. The molecule has 0 atom stereocenters. The van der Waals surface area contributed by atoms with Crippen LogP contribution in [-0.2, 0) is 4.79 Å². The van der Waals surface area contributed by atoms with Crippen molar-refractivity contribution >= 4 is 11.6 Å². The first-order chi connectivity index (χ1) is 11.7. The maximum absolute atomic E-state index is 12.4. The topological polar surface area (TPSA) is 47.2 Å². The molecule has 3 rings (SSSR count). The molecule has 0 aromatic heterocycles. The molecule has 5 nitrogen and oxygen atoms in total. The molecule has 5 heteroatoms. The molecular weight excluding hydrogens is 302 g/mol. The summed E-state index contributed by atoms with van der Waals surface area (Å²) < 4.78 is 5.89. The number of nitrogens with one attached hydrogen (secondary N) is 3. The van der Waals surface area contributed by atoms with Crippen LogP contribution < -0.4 is 19.9 Å². The number of carbonyl (C=O) groups excluding carboxylic acids is 1. The number of piperazine rings is 1. The minimum atomic E-state index is 0.0358. The normalized spacial score (nSPS) is 20.4. The number of anilines is 1. The second-order valence-electron chi connectivity index (χ2n) is 6.34. The monoisotopic (exact) mass is 327 g/mol. The Bertz CT molecular complexity index is 667. The molecule has 0 radical (unpaired) electrons. The van der Waals surface area contributed by atoms with Crippen LogP contribution in [0.3, 0.4) is 0 Å². The summed E-state index contributed by atoms with van der Waals surface area (Å²) >= 11 is 0. The standard InChI is InChI=1S/C19H23N3O2/c1-21-11-13-22(14-12-21)15-19(23)20-17-9-5-6-10-18(17)24-16-7-3-2-4-8-16/h2-10H,11-15H2,1H3,(H,20,23)/p+2. The van der Waals surface area contributed by atoms with Crippen LogP contribution in [0.4, 0.5) is 5.69 Å². The van der Waals surface area contributed by atoms with Gasteiger partial charge in [0.05, 0.1) is 12.7 Å². The summed E-state index contributed by atoms with van der Waals surface area (Å²) in [4.78, 5) is 15.3. The Kier molecular flexibility index (Phi) is 5.46. The third-order valence-electron chi connectivity index (χ3n) is 4.35. The molecule has 2 aromatic rings. The van der Waals surface area contributed by atoms with Gasteiger partial charge in [-0.05, 0) is 24.3 Å². The second kappa shape index (κ2) is 7.95. The quantitative estimate of drug-likeness (QED) is 0.714. The molecule has 2 aromatic carbocycles. The molecule has 0 spiro atoms. The number of amides is 1. The Morgan fingerprint density at radius 2 is 1.67 bits per heavy atom. The molecule has 0 aliphatic carbocycles. The smallest absolute Gasteiger partial charge is 0.279 e. The number of hydrogen-bond acceptors (Lipinski definition) is 2. The van der Waals surface area contributed by atoms with E-state index < -0.39 is 0 Å². The van der Waals surface area contributed by atoms with Gasteiger partial charge in [-0.2, -0.15) is 0 Å². The predicted molar refractivity (Wildman–Crippen MR) is 93.8 cm³/mol. The summed E-state index contributed by atoms with van der Waals surface area (Å²) in [5, 5.41) is 3.00. The van der Waals surface area contributed by atoms with Crippen LogP contribution in [0.15, 0.2) is 54.6 Å². The highest BCUT2D eigenvalue weighted by Crippen LogP contribution is 2.28. The summed E-state index contributed by atoms with van der Waals surface area (Å²) in [7, 11) is 2.20. The molecule has 3 N–H and O–H groups in total. The van der Waals surface area contributed by atoms with E-state index in [0.29, 0.717) is 18.0 Å². The van der Waals surface area contributed by atoms with Crippen molar-refractivity contribution in [3.05, 3.63) is 54.6 Å². The van der Waals surface area contributed by atoms with Gasteiger partial charge in [0.2, 0.25) is 0 Å². The summed E-state index contributed by atoms with van der Waals surface area (Å²) in [6.07, 6.45) is 0. The van der Waals surface area contributed by atoms with Gasteiger partial charge in [-0.1, -0.05) is 30.3 Å². The largest absolute Gasteiger partial charge is 0.455 e. The lowest BCUT2D eigenvalue weighted by Crippen LogP contribution is -3.27. The first-order valence-corrected chi connectivity index (χ1v) is 8.47. The number of rotatable bonds is 5. The number of quaternary nitrogens is 2. The third-order valence-corrected chi connectivity index (χ3v) is 4.35. The van der Waals surface area contributed by atoms with E-state index >= 15 is 0 Å². The number of ether oxygens (including phenoxy) is 1. The zero-order valence-corrected chi connectivity index (χ0v) is 14.0. The maximum atomic E-state index is 12.4. The Labute approximate surface area is 142 Å². The Morgan fingerprint density at radius 3 is 2.42 bits per heavy atom. The van der Waals surface area contributed by atoms with E-state index in [9.17, 15) is 4.79 Å². The molecule has 0 unspecified atom stereocenters. The van der Waals surface area contributed by atoms with E-state index in [-0.39, 0.29) is 5.91 Å². The number of para-hydroxylation sites is 3. The third kappa shape index (κ3) is 4.57. The van der Waals surface area contributed by atoms with Crippen LogP contribution in [0.1, 0.15) is 0 Å². The van der Waals surface area contributed by atoms with E-state index in [2.05, 4.69) is 12.4 Å². The zero-order chi connectivity index (χ0) is 16.8. The van der Waals surface area contributed by atoms with Gasteiger partial charge >= 0.3 is 0 Å². The van der Waals surface area contributed by atoms with E-state index in [1.807, 2.05) is 54.6 Å². The molecule has 1 saturated heterocycles. The van der Waals surface area contributed by atoms with Gasteiger partial charge in [0, 0.05) is 0 Å². The van der Waals surface area contributed by atoms with Crippen molar-refractivity contribution < 1.29 is 19.3 Å². The van der Waals surface area contributed by atoms with Crippen LogP contribution >= 0.6 is 0 Å². The van der Waals surface area contributed by atoms with Gasteiger partial charge in [0.15, 0.2) is 12.3 Å². The number of hydrogen-bond donors (Lipinski definition) is 3. The average Bonchev–Trinajstić information content (AvgIpc) is 2.60. The van der Waals surface area contributed by atoms with Gasteiger partial charge in [0.25, 0.3) is 5.91 Å². The van der Waals surface area contributed by atoms with Crippen molar-refractivity contribution in [2.24, 2.45) is 0 Å². The first kappa shape index (κ1) is 16.5. The summed E-state index contributed by atoms with van der Waals surface area (Å²) in [6.45, 7) is 4.84. The highest BCUT2D eigenvalue weighted by molar-refractivity contribution is 5.93. The highest BCUT2D eigenvalue weighted by atomic mass is 16.5. The molecular formula is C19H25N3O2+2. The SMILES string of the molecule is C[NH+]1CC[NH+](CC(=O)Nc2ccccc2Oc2ccccc2)CC1. The minimum absolute atomic E-state index is 0.0358. The number of likely N-dealkylation sites (N-methyl/N-ethyl adjacent to an activating group) is 1. The minimum Gasteiger partial charge on any atom is -0.455 e. The molecule has 0 bridgehead atoms. The van der Waals surface area contributed by atoms with Gasteiger partial charge in [-0.3, -0.25) is 4.79 Å². The second-order valence-corrected chi connectivity index (χ2v) is 6.34. The van der Waals surface area contributed by atoms with Crippen molar-refractivity contribution in [1.29, 1.82) is 0 Å². The first-order valence-electron chi connectivity index (χ1n) is 8.47. The van der Waals surface area contributed by atoms with Crippen LogP contribution in [0.25, 0.3) is 0 Å². The van der Waals surface area contributed by atoms with E-state index in [1.165, 1.54) is 4.90 Å². The van der Waals surface area contributed by atoms with E-state index in [1.54, 1.807) is 4.90 Å². The summed E-state index contributed by atoms with van der Waals surface area (Å²) in [6, 6.07) is 17.1. The fraction of sp³-hybridized carbons (Fsp3) is 0.316. The van der Waals surface area contributed by atoms with Crippen LogP contribution in [0, 0.1) is 0 Å².